The zero-order valence-electron chi connectivity index (χ0n) is 11.3. The predicted molar refractivity (Wildman–Crippen MR) is 77.1 cm³/mol. The van der Waals surface area contributed by atoms with E-state index in [2.05, 4.69) is 10.2 Å². The van der Waals surface area contributed by atoms with E-state index in [-0.39, 0.29) is 6.29 Å². The molecule has 1 saturated heterocycles. The molecular weight excluding hydrogens is 268 g/mol. The molecule has 5 nitrogen and oxygen atoms in total. The molecular formula is C16H14N2O3. The van der Waals surface area contributed by atoms with Crippen LogP contribution in [0.25, 0.3) is 0 Å². The van der Waals surface area contributed by atoms with E-state index >= 15 is 0 Å². The molecule has 0 spiro atoms. The molecule has 0 radical (unpaired) electrons. The normalized spacial score (nSPS) is 15.6. The topological polar surface area (TPSA) is 60.2 Å². The van der Waals surface area contributed by atoms with Crippen LogP contribution in [0.15, 0.2) is 58.8 Å². The summed E-state index contributed by atoms with van der Waals surface area (Å²) < 4.78 is 10.9. The fourth-order valence-corrected chi connectivity index (χ4v) is 1.98. The lowest BCUT2D eigenvalue weighted by Crippen LogP contribution is -1.96. The van der Waals surface area contributed by atoms with Gasteiger partial charge in [0.25, 0.3) is 0 Å². The summed E-state index contributed by atoms with van der Waals surface area (Å²) in [5.74, 6) is 0. The van der Waals surface area contributed by atoms with Crippen molar-refractivity contribution in [1.82, 2.24) is 0 Å². The monoisotopic (exact) mass is 282 g/mol. The van der Waals surface area contributed by atoms with Gasteiger partial charge in [0.15, 0.2) is 6.29 Å². The van der Waals surface area contributed by atoms with Gasteiger partial charge in [-0.1, -0.05) is 12.1 Å². The number of carbonyl (C=O) groups is 1. The van der Waals surface area contributed by atoms with Gasteiger partial charge >= 0.3 is 0 Å². The molecule has 0 unspecified atom stereocenters. The molecule has 21 heavy (non-hydrogen) atoms. The van der Waals surface area contributed by atoms with E-state index in [0.29, 0.717) is 24.5 Å². The molecule has 0 aromatic heterocycles. The van der Waals surface area contributed by atoms with Crippen molar-refractivity contribution in [2.45, 2.75) is 6.29 Å². The summed E-state index contributed by atoms with van der Waals surface area (Å²) in [6.07, 6.45) is 0.527. The second kappa shape index (κ2) is 6.39. The molecule has 106 valence electrons. The number of carbonyl (C=O) groups excluding carboxylic acids is 1. The fraction of sp³-hybridized carbons (Fsp3) is 0.188. The summed E-state index contributed by atoms with van der Waals surface area (Å²) in [7, 11) is 0. The minimum Gasteiger partial charge on any atom is -0.346 e. The predicted octanol–water partition coefficient (Wildman–Crippen LogP) is 3.96. The Morgan fingerprint density at radius 2 is 1.38 bits per heavy atom. The smallest absolute Gasteiger partial charge is 0.184 e. The number of rotatable bonds is 4. The highest BCUT2D eigenvalue weighted by atomic mass is 16.7. The van der Waals surface area contributed by atoms with Crippen molar-refractivity contribution in [3.8, 4) is 0 Å². The first kappa shape index (κ1) is 13.6. The zero-order valence-corrected chi connectivity index (χ0v) is 11.3. The van der Waals surface area contributed by atoms with Gasteiger partial charge in [-0.25, -0.2) is 0 Å². The molecule has 0 bridgehead atoms. The fourth-order valence-electron chi connectivity index (χ4n) is 1.98. The summed E-state index contributed by atoms with van der Waals surface area (Å²) in [6.45, 7) is 1.26. The summed E-state index contributed by atoms with van der Waals surface area (Å²) in [4.78, 5) is 10.6. The minimum absolute atomic E-state index is 0.271. The molecule has 0 atom stereocenters. The molecule has 0 amide bonds. The van der Waals surface area contributed by atoms with Crippen LogP contribution in [0, 0.1) is 0 Å². The highest BCUT2D eigenvalue weighted by molar-refractivity contribution is 5.75. The van der Waals surface area contributed by atoms with Crippen LogP contribution in [0.3, 0.4) is 0 Å². The van der Waals surface area contributed by atoms with E-state index in [1.54, 1.807) is 24.3 Å². The third-order valence-corrected chi connectivity index (χ3v) is 3.10. The Morgan fingerprint density at radius 1 is 0.857 bits per heavy atom. The van der Waals surface area contributed by atoms with E-state index in [1.807, 2.05) is 24.3 Å². The molecule has 1 fully saturated rings. The van der Waals surface area contributed by atoms with Crippen LogP contribution in [0.1, 0.15) is 22.2 Å². The standard InChI is InChI=1S/C16H14N2O3/c19-11-12-1-5-14(6-2-12)17-18-15-7-3-13(4-8-15)16-20-9-10-21-16/h1-8,11,16H,9-10H2. The van der Waals surface area contributed by atoms with E-state index in [1.165, 1.54) is 0 Å². The second-order valence-corrected chi connectivity index (χ2v) is 4.57. The number of nitrogens with zero attached hydrogens (tertiary/aromatic N) is 2. The van der Waals surface area contributed by atoms with Crippen molar-refractivity contribution in [2.24, 2.45) is 10.2 Å². The summed E-state index contributed by atoms with van der Waals surface area (Å²) in [5.41, 5.74) is 3.04. The van der Waals surface area contributed by atoms with Gasteiger partial charge in [0.1, 0.15) is 6.29 Å². The van der Waals surface area contributed by atoms with Crippen molar-refractivity contribution in [3.05, 3.63) is 59.7 Å². The largest absolute Gasteiger partial charge is 0.346 e. The van der Waals surface area contributed by atoms with Crippen LogP contribution in [-0.2, 0) is 9.47 Å². The van der Waals surface area contributed by atoms with Crippen molar-refractivity contribution in [1.29, 1.82) is 0 Å². The number of benzene rings is 2. The molecule has 0 aliphatic carbocycles. The molecule has 0 N–H and O–H groups in total. The van der Waals surface area contributed by atoms with E-state index in [9.17, 15) is 4.79 Å². The van der Waals surface area contributed by atoms with Gasteiger partial charge in [-0.3, -0.25) is 4.79 Å². The van der Waals surface area contributed by atoms with Crippen LogP contribution in [0.4, 0.5) is 11.4 Å². The second-order valence-electron chi connectivity index (χ2n) is 4.57. The average molecular weight is 282 g/mol. The van der Waals surface area contributed by atoms with Crippen molar-refractivity contribution in [3.63, 3.8) is 0 Å². The molecule has 2 aromatic rings. The Hall–Kier alpha value is -2.37. The first-order chi connectivity index (χ1) is 10.3. The third-order valence-electron chi connectivity index (χ3n) is 3.10. The lowest BCUT2D eigenvalue weighted by Gasteiger charge is -2.08. The zero-order chi connectivity index (χ0) is 14.5. The summed E-state index contributed by atoms with van der Waals surface area (Å²) in [5, 5.41) is 8.28. The van der Waals surface area contributed by atoms with Crippen LogP contribution < -0.4 is 0 Å². The first-order valence-corrected chi connectivity index (χ1v) is 6.65. The minimum atomic E-state index is -0.271. The molecule has 0 saturated carbocycles. The van der Waals surface area contributed by atoms with Gasteiger partial charge in [0, 0.05) is 11.1 Å². The van der Waals surface area contributed by atoms with Crippen LogP contribution in [0.5, 0.6) is 0 Å². The van der Waals surface area contributed by atoms with E-state index < -0.39 is 0 Å². The first-order valence-electron chi connectivity index (χ1n) is 6.65. The number of hydrogen-bond acceptors (Lipinski definition) is 5. The maximum atomic E-state index is 10.6. The van der Waals surface area contributed by atoms with Crippen molar-refractivity contribution in [2.75, 3.05) is 13.2 Å². The lowest BCUT2D eigenvalue weighted by atomic mass is 10.2. The van der Waals surface area contributed by atoms with Crippen LogP contribution >= 0.6 is 0 Å². The summed E-state index contributed by atoms with van der Waals surface area (Å²) in [6, 6.07) is 14.5. The Labute approximate surface area is 122 Å². The molecule has 2 aromatic carbocycles. The maximum absolute atomic E-state index is 10.6. The SMILES string of the molecule is O=Cc1ccc(N=Nc2ccc(C3OCCO3)cc2)cc1. The lowest BCUT2D eigenvalue weighted by molar-refractivity contribution is -0.0441. The Kier molecular flexibility index (Phi) is 4.14. The van der Waals surface area contributed by atoms with Gasteiger partial charge in [0.2, 0.25) is 0 Å². The Balaban J connectivity index is 1.68. The highest BCUT2D eigenvalue weighted by Crippen LogP contribution is 2.26. The molecule has 1 heterocycles. The summed E-state index contributed by atoms with van der Waals surface area (Å²) >= 11 is 0. The molecule has 1 aliphatic rings. The quantitative estimate of drug-likeness (QED) is 0.630. The number of ether oxygens (including phenoxy) is 2. The Bertz CT molecular complexity index is 630. The average Bonchev–Trinajstić information content (AvgIpc) is 3.08. The molecule has 1 aliphatic heterocycles. The number of azo groups is 1. The van der Waals surface area contributed by atoms with Gasteiger partial charge in [-0.15, -0.1) is 0 Å². The molecule has 3 rings (SSSR count). The van der Waals surface area contributed by atoms with Gasteiger partial charge in [-0.05, 0) is 36.4 Å². The van der Waals surface area contributed by atoms with Gasteiger partial charge in [-0.2, -0.15) is 10.2 Å². The number of hydrogen-bond donors (Lipinski definition) is 0. The van der Waals surface area contributed by atoms with Crippen LogP contribution in [0.2, 0.25) is 0 Å². The van der Waals surface area contributed by atoms with Gasteiger partial charge < -0.3 is 9.47 Å². The Morgan fingerprint density at radius 3 is 1.90 bits per heavy atom. The highest BCUT2D eigenvalue weighted by Gasteiger charge is 2.17. The van der Waals surface area contributed by atoms with Gasteiger partial charge in [0.05, 0.1) is 24.6 Å². The number of aldehydes is 1. The van der Waals surface area contributed by atoms with Crippen molar-refractivity contribution >= 4 is 17.7 Å². The molecule has 5 heteroatoms. The van der Waals surface area contributed by atoms with Crippen molar-refractivity contribution < 1.29 is 14.3 Å². The van der Waals surface area contributed by atoms with Crippen LogP contribution in [-0.4, -0.2) is 19.5 Å². The maximum Gasteiger partial charge on any atom is 0.184 e. The van der Waals surface area contributed by atoms with E-state index in [0.717, 1.165) is 17.5 Å². The third kappa shape index (κ3) is 3.39. The van der Waals surface area contributed by atoms with E-state index in [4.69, 9.17) is 9.47 Å².